The molecule has 0 radical (unpaired) electrons. The third-order valence-electron chi connectivity index (χ3n) is 3.31. The van der Waals surface area contributed by atoms with Crippen LogP contribution in [0, 0.1) is 20.8 Å². The van der Waals surface area contributed by atoms with E-state index in [0.717, 1.165) is 11.4 Å². The maximum absolute atomic E-state index is 12.4. The Morgan fingerprint density at radius 2 is 2.05 bits per heavy atom. The Hall–Kier alpha value is -2.44. The molecule has 0 spiro atoms. The average Bonchev–Trinajstić information content (AvgIpc) is 2.72. The van der Waals surface area contributed by atoms with Crippen molar-refractivity contribution < 1.29 is 14.7 Å². The number of hydrogen-bond donors (Lipinski definition) is 2. The Bertz CT molecular complexity index is 721. The second kappa shape index (κ2) is 5.51. The lowest BCUT2D eigenvalue weighted by atomic mass is 10.2. The highest BCUT2D eigenvalue weighted by molar-refractivity contribution is 6.02. The van der Waals surface area contributed by atoms with Crippen LogP contribution in [-0.4, -0.2) is 37.6 Å². The van der Waals surface area contributed by atoms with Gasteiger partial charge >= 0.3 is 5.97 Å². The molecule has 0 aromatic carbocycles. The minimum Gasteiger partial charge on any atom is -0.480 e. The molecule has 0 aliphatic carbocycles. The predicted octanol–water partition coefficient (Wildman–Crippen LogP) is 1.25. The third kappa shape index (κ3) is 2.72. The van der Waals surface area contributed by atoms with Gasteiger partial charge in [-0.2, -0.15) is 5.10 Å². The van der Waals surface area contributed by atoms with Gasteiger partial charge < -0.3 is 10.4 Å². The Morgan fingerprint density at radius 1 is 1.38 bits per heavy atom. The van der Waals surface area contributed by atoms with Crippen molar-refractivity contribution in [3.8, 4) is 0 Å². The summed E-state index contributed by atoms with van der Waals surface area (Å²) in [5.41, 5.74) is 2.93. The molecule has 21 heavy (non-hydrogen) atoms. The van der Waals surface area contributed by atoms with Gasteiger partial charge in [0.25, 0.3) is 5.91 Å². The summed E-state index contributed by atoms with van der Waals surface area (Å²) in [6, 6.07) is 0.950. The summed E-state index contributed by atoms with van der Waals surface area (Å²) >= 11 is 0. The molecule has 1 atom stereocenters. The fourth-order valence-corrected chi connectivity index (χ4v) is 2.26. The Kier molecular flexibility index (Phi) is 3.93. The van der Waals surface area contributed by atoms with Crippen molar-refractivity contribution >= 4 is 17.5 Å². The highest BCUT2D eigenvalue weighted by Gasteiger charge is 2.24. The minimum atomic E-state index is -1.06. The second-order valence-corrected chi connectivity index (χ2v) is 5.01. The summed E-state index contributed by atoms with van der Waals surface area (Å²) in [6.07, 6.45) is 0.310. The first kappa shape index (κ1) is 15.0. The molecule has 0 saturated carbocycles. The van der Waals surface area contributed by atoms with Crippen LogP contribution in [0.1, 0.15) is 40.8 Å². The van der Waals surface area contributed by atoms with Gasteiger partial charge in [-0.1, -0.05) is 6.92 Å². The van der Waals surface area contributed by atoms with Gasteiger partial charge in [0.1, 0.15) is 11.6 Å². The second-order valence-electron chi connectivity index (χ2n) is 5.01. The molecule has 2 N–H and O–H groups in total. The van der Waals surface area contributed by atoms with E-state index in [9.17, 15) is 9.59 Å². The average molecular weight is 290 g/mol. The van der Waals surface area contributed by atoms with Crippen LogP contribution in [0.5, 0.6) is 0 Å². The highest BCUT2D eigenvalue weighted by atomic mass is 16.4. The number of nitrogens with zero attached hydrogens (tertiary/aromatic N) is 3. The number of hydrogen-bond acceptors (Lipinski definition) is 4. The standard InChI is InChI=1S/C14H18N4O3/c1-5-10(14(20)21)16-13(19)11-9(4)17-18-8(3)6-7(2)15-12(11)18/h6,10H,5H2,1-4H3,(H,16,19)(H,20,21). The van der Waals surface area contributed by atoms with Crippen molar-refractivity contribution in [3.63, 3.8) is 0 Å². The van der Waals surface area contributed by atoms with Crippen LogP contribution in [-0.2, 0) is 4.79 Å². The summed E-state index contributed by atoms with van der Waals surface area (Å²) in [6.45, 7) is 7.12. The topological polar surface area (TPSA) is 96.6 Å². The first-order valence-corrected chi connectivity index (χ1v) is 6.72. The number of fused-ring (bicyclic) bond motifs is 1. The van der Waals surface area contributed by atoms with Crippen molar-refractivity contribution in [1.29, 1.82) is 0 Å². The number of amides is 1. The summed E-state index contributed by atoms with van der Waals surface area (Å²) in [5, 5.41) is 15.8. The number of aromatic nitrogens is 3. The third-order valence-corrected chi connectivity index (χ3v) is 3.31. The van der Waals surface area contributed by atoms with Crippen LogP contribution in [0.25, 0.3) is 5.65 Å². The molecular weight excluding hydrogens is 272 g/mol. The van der Waals surface area contributed by atoms with Crippen LogP contribution in [0.15, 0.2) is 6.07 Å². The lowest BCUT2D eigenvalue weighted by Crippen LogP contribution is -2.40. The molecule has 0 fully saturated rings. The molecule has 112 valence electrons. The molecule has 0 saturated heterocycles. The Morgan fingerprint density at radius 3 is 2.62 bits per heavy atom. The summed E-state index contributed by atoms with van der Waals surface area (Å²) in [5.74, 6) is -1.52. The maximum atomic E-state index is 12.4. The predicted molar refractivity (Wildman–Crippen MR) is 76.4 cm³/mol. The molecule has 1 amide bonds. The van der Waals surface area contributed by atoms with E-state index in [0.29, 0.717) is 23.3 Å². The van der Waals surface area contributed by atoms with Crippen LogP contribution >= 0.6 is 0 Å². The smallest absolute Gasteiger partial charge is 0.326 e. The number of rotatable bonds is 4. The van der Waals surface area contributed by atoms with Gasteiger partial charge in [-0.3, -0.25) is 4.79 Å². The van der Waals surface area contributed by atoms with E-state index in [1.807, 2.05) is 19.9 Å². The largest absolute Gasteiger partial charge is 0.480 e. The van der Waals surface area contributed by atoms with Crippen LogP contribution < -0.4 is 5.32 Å². The lowest BCUT2D eigenvalue weighted by Gasteiger charge is -2.11. The van der Waals surface area contributed by atoms with Gasteiger partial charge in [0.2, 0.25) is 0 Å². The van der Waals surface area contributed by atoms with E-state index < -0.39 is 17.9 Å². The monoisotopic (exact) mass is 290 g/mol. The van der Waals surface area contributed by atoms with Crippen molar-refractivity contribution in [2.24, 2.45) is 0 Å². The number of aliphatic carboxylic acids is 1. The normalized spacial score (nSPS) is 12.4. The molecule has 2 aromatic heterocycles. The van der Waals surface area contributed by atoms with Gasteiger partial charge in [-0.15, -0.1) is 0 Å². The molecule has 2 heterocycles. The zero-order valence-electron chi connectivity index (χ0n) is 12.5. The van der Waals surface area contributed by atoms with Gasteiger partial charge in [-0.25, -0.2) is 14.3 Å². The van der Waals surface area contributed by atoms with Crippen LogP contribution in [0.2, 0.25) is 0 Å². The number of carboxylic acid groups (broad SMARTS) is 1. The molecular formula is C14H18N4O3. The summed E-state index contributed by atoms with van der Waals surface area (Å²) in [4.78, 5) is 27.8. The highest BCUT2D eigenvalue weighted by Crippen LogP contribution is 2.16. The number of aryl methyl sites for hydroxylation is 3. The van der Waals surface area contributed by atoms with Crippen molar-refractivity contribution in [1.82, 2.24) is 19.9 Å². The van der Waals surface area contributed by atoms with Gasteiger partial charge in [0, 0.05) is 11.4 Å². The van der Waals surface area contributed by atoms with Gasteiger partial charge in [-0.05, 0) is 33.3 Å². The van der Waals surface area contributed by atoms with Crippen LogP contribution in [0.4, 0.5) is 0 Å². The molecule has 1 unspecified atom stereocenters. The SMILES string of the molecule is CCC(NC(=O)c1c(C)nn2c(C)cc(C)nc12)C(=O)O. The quantitative estimate of drug-likeness (QED) is 0.883. The van der Waals surface area contributed by atoms with Gasteiger partial charge in [0.05, 0.1) is 5.69 Å². The first-order chi connectivity index (χ1) is 9.85. The number of carboxylic acids is 1. The molecule has 0 bridgehead atoms. The number of carbonyl (C=O) groups is 2. The zero-order valence-corrected chi connectivity index (χ0v) is 12.5. The van der Waals surface area contributed by atoms with Crippen molar-refractivity contribution in [3.05, 3.63) is 28.7 Å². The molecule has 7 heteroatoms. The Labute approximate surface area is 122 Å². The molecule has 0 aliphatic rings. The van der Waals surface area contributed by atoms with E-state index in [4.69, 9.17) is 5.11 Å². The fourth-order valence-electron chi connectivity index (χ4n) is 2.26. The van der Waals surface area contributed by atoms with Crippen molar-refractivity contribution in [2.45, 2.75) is 40.2 Å². The van der Waals surface area contributed by atoms with E-state index in [1.165, 1.54) is 0 Å². The summed E-state index contributed by atoms with van der Waals surface area (Å²) in [7, 11) is 0. The fraction of sp³-hybridized carbons (Fsp3) is 0.429. The van der Waals surface area contributed by atoms with Crippen LogP contribution in [0.3, 0.4) is 0 Å². The van der Waals surface area contributed by atoms with E-state index in [1.54, 1.807) is 18.4 Å². The van der Waals surface area contributed by atoms with E-state index in [2.05, 4.69) is 15.4 Å². The molecule has 2 rings (SSSR count). The van der Waals surface area contributed by atoms with Crippen molar-refractivity contribution in [2.75, 3.05) is 0 Å². The summed E-state index contributed by atoms with van der Waals surface area (Å²) < 4.78 is 1.60. The number of carbonyl (C=O) groups excluding carboxylic acids is 1. The molecule has 2 aromatic rings. The van der Waals surface area contributed by atoms with E-state index >= 15 is 0 Å². The van der Waals surface area contributed by atoms with E-state index in [-0.39, 0.29) is 0 Å². The number of nitrogens with one attached hydrogen (secondary N) is 1. The molecule has 7 nitrogen and oxygen atoms in total. The maximum Gasteiger partial charge on any atom is 0.326 e. The lowest BCUT2D eigenvalue weighted by molar-refractivity contribution is -0.139. The molecule has 0 aliphatic heterocycles. The first-order valence-electron chi connectivity index (χ1n) is 6.72. The Balaban J connectivity index is 2.48. The van der Waals surface area contributed by atoms with Gasteiger partial charge in [0.15, 0.2) is 5.65 Å². The minimum absolute atomic E-state index is 0.310. The zero-order chi connectivity index (χ0) is 15.7.